The molecule has 1 aliphatic heterocycles. The molecule has 7 heteroatoms. The number of carbonyl (C=O) groups is 2. The van der Waals surface area contributed by atoms with Crippen LogP contribution in [0.1, 0.15) is 33.9 Å². The number of carbonyl (C=O) groups excluding carboxylic acids is 2. The number of benzene rings is 2. The molecule has 0 bridgehead atoms. The van der Waals surface area contributed by atoms with E-state index in [1.165, 1.54) is 0 Å². The zero-order valence-electron chi connectivity index (χ0n) is 17.5. The van der Waals surface area contributed by atoms with Crippen LogP contribution >= 0.6 is 11.3 Å². The molecule has 2 heterocycles. The van der Waals surface area contributed by atoms with Gasteiger partial charge in [-0.25, -0.2) is 4.98 Å². The highest BCUT2D eigenvalue weighted by atomic mass is 32.1. The zero-order valence-corrected chi connectivity index (χ0v) is 18.3. The maximum Gasteiger partial charge on any atom is 0.235 e. The standard InChI is InChI=1S/C24H26N4O2S/c1-18(29)19-7-9-21(10-8-19)28-14-12-27(13-15-28)17-22(30)26-23(24-25-11-16-31-24)20-5-3-2-4-6-20/h2-11,16,23H,12-15,17H2,1H3,(H,26,30). The quantitative estimate of drug-likeness (QED) is 0.578. The van der Waals surface area contributed by atoms with Gasteiger partial charge in [0.15, 0.2) is 5.78 Å². The summed E-state index contributed by atoms with van der Waals surface area (Å²) < 4.78 is 0. The number of amides is 1. The monoisotopic (exact) mass is 434 g/mol. The molecule has 0 radical (unpaired) electrons. The van der Waals surface area contributed by atoms with E-state index in [0.29, 0.717) is 6.54 Å². The van der Waals surface area contributed by atoms with Crippen LogP contribution < -0.4 is 10.2 Å². The molecule has 1 amide bonds. The van der Waals surface area contributed by atoms with Gasteiger partial charge in [-0.3, -0.25) is 14.5 Å². The average molecular weight is 435 g/mol. The lowest BCUT2D eigenvalue weighted by Gasteiger charge is -2.36. The van der Waals surface area contributed by atoms with Crippen LogP contribution in [0.25, 0.3) is 0 Å². The van der Waals surface area contributed by atoms with Crippen molar-refractivity contribution in [1.29, 1.82) is 0 Å². The van der Waals surface area contributed by atoms with Crippen LogP contribution in [0.5, 0.6) is 0 Å². The third-order valence-corrected chi connectivity index (χ3v) is 6.36. The van der Waals surface area contributed by atoms with E-state index in [-0.39, 0.29) is 17.7 Å². The Morgan fingerprint density at radius 1 is 1.03 bits per heavy atom. The van der Waals surface area contributed by atoms with Gasteiger partial charge >= 0.3 is 0 Å². The summed E-state index contributed by atoms with van der Waals surface area (Å²) >= 11 is 1.55. The molecule has 0 aliphatic carbocycles. The van der Waals surface area contributed by atoms with Gasteiger partial charge in [-0.15, -0.1) is 11.3 Å². The molecule has 0 spiro atoms. The number of hydrogen-bond acceptors (Lipinski definition) is 6. The van der Waals surface area contributed by atoms with Gasteiger partial charge in [0.25, 0.3) is 0 Å². The molecule has 6 nitrogen and oxygen atoms in total. The second-order valence-electron chi connectivity index (χ2n) is 7.65. The maximum atomic E-state index is 12.8. The molecule has 4 rings (SSSR count). The van der Waals surface area contributed by atoms with Crippen molar-refractivity contribution in [2.45, 2.75) is 13.0 Å². The SMILES string of the molecule is CC(=O)c1ccc(N2CCN(CC(=O)NC(c3ccccc3)c3nccs3)CC2)cc1. The first kappa shape index (κ1) is 21.2. The largest absolute Gasteiger partial charge is 0.369 e. The van der Waals surface area contributed by atoms with Crippen LogP contribution in [-0.2, 0) is 4.79 Å². The number of hydrogen-bond donors (Lipinski definition) is 1. The highest BCUT2D eigenvalue weighted by Crippen LogP contribution is 2.24. The minimum Gasteiger partial charge on any atom is -0.369 e. The lowest BCUT2D eigenvalue weighted by molar-refractivity contribution is -0.122. The average Bonchev–Trinajstić information content (AvgIpc) is 3.33. The molecular weight excluding hydrogens is 408 g/mol. The van der Waals surface area contributed by atoms with Crippen LogP contribution in [0.4, 0.5) is 5.69 Å². The Kier molecular flexibility index (Phi) is 6.74. The van der Waals surface area contributed by atoms with E-state index in [0.717, 1.165) is 48.0 Å². The Labute approximate surface area is 186 Å². The van der Waals surface area contributed by atoms with Gasteiger partial charge in [0.05, 0.1) is 6.54 Å². The van der Waals surface area contributed by atoms with Gasteiger partial charge in [-0.1, -0.05) is 30.3 Å². The number of Topliss-reactive ketones (excluding diaryl/α,β-unsaturated/α-hetero) is 1. The number of nitrogens with zero attached hydrogens (tertiary/aromatic N) is 3. The van der Waals surface area contributed by atoms with E-state index in [4.69, 9.17) is 0 Å². The molecule has 1 N–H and O–H groups in total. The van der Waals surface area contributed by atoms with Crippen LogP contribution in [0.2, 0.25) is 0 Å². The number of nitrogens with one attached hydrogen (secondary N) is 1. The Balaban J connectivity index is 1.32. The van der Waals surface area contributed by atoms with E-state index in [9.17, 15) is 9.59 Å². The van der Waals surface area contributed by atoms with Crippen LogP contribution in [0, 0.1) is 0 Å². The molecule has 31 heavy (non-hydrogen) atoms. The molecule has 1 aromatic heterocycles. The summed E-state index contributed by atoms with van der Waals surface area (Å²) in [6.45, 7) is 5.27. The van der Waals surface area contributed by atoms with Crippen molar-refractivity contribution in [3.63, 3.8) is 0 Å². The third-order valence-electron chi connectivity index (χ3n) is 5.52. The molecule has 1 aliphatic rings. The van der Waals surface area contributed by atoms with Crippen molar-refractivity contribution < 1.29 is 9.59 Å². The van der Waals surface area contributed by atoms with E-state index in [1.807, 2.05) is 60.0 Å². The van der Waals surface area contributed by atoms with E-state index >= 15 is 0 Å². The molecule has 1 fully saturated rings. The van der Waals surface area contributed by atoms with Gasteiger partial charge < -0.3 is 10.2 Å². The molecule has 160 valence electrons. The zero-order chi connectivity index (χ0) is 21.6. The summed E-state index contributed by atoms with van der Waals surface area (Å²) in [5, 5.41) is 5.98. The normalized spacial score (nSPS) is 15.5. The fraction of sp³-hybridized carbons (Fsp3) is 0.292. The van der Waals surface area contributed by atoms with E-state index in [1.54, 1.807) is 24.5 Å². The van der Waals surface area contributed by atoms with Gasteiger partial charge in [0.1, 0.15) is 11.0 Å². The topological polar surface area (TPSA) is 65.5 Å². The van der Waals surface area contributed by atoms with E-state index < -0.39 is 0 Å². The fourth-order valence-electron chi connectivity index (χ4n) is 3.79. The number of thiazole rings is 1. The molecule has 1 saturated heterocycles. The predicted molar refractivity (Wildman–Crippen MR) is 124 cm³/mol. The van der Waals surface area contributed by atoms with Gasteiger partial charge in [-0.05, 0) is 36.8 Å². The fourth-order valence-corrected chi connectivity index (χ4v) is 4.50. The van der Waals surface area contributed by atoms with Crippen molar-refractivity contribution >= 4 is 28.7 Å². The first-order valence-corrected chi connectivity index (χ1v) is 11.3. The number of anilines is 1. The minimum absolute atomic E-state index is 0.00307. The predicted octanol–water partition coefficient (Wildman–Crippen LogP) is 3.37. The van der Waals surface area contributed by atoms with Crippen molar-refractivity contribution in [2.24, 2.45) is 0 Å². The second kappa shape index (κ2) is 9.85. The Hall–Kier alpha value is -3.03. The summed E-state index contributed by atoms with van der Waals surface area (Å²) in [5.74, 6) is 0.0808. The maximum absolute atomic E-state index is 12.8. The molecule has 1 unspecified atom stereocenters. The number of ketones is 1. The molecule has 2 aromatic carbocycles. The van der Waals surface area contributed by atoms with Crippen molar-refractivity contribution in [2.75, 3.05) is 37.6 Å². The number of rotatable bonds is 7. The molecule has 1 atom stereocenters. The van der Waals surface area contributed by atoms with Crippen molar-refractivity contribution in [3.8, 4) is 0 Å². The summed E-state index contributed by atoms with van der Waals surface area (Å²) in [6, 6.07) is 17.5. The van der Waals surface area contributed by atoms with Crippen LogP contribution in [0.15, 0.2) is 66.2 Å². The summed E-state index contributed by atoms with van der Waals surface area (Å²) in [6.07, 6.45) is 1.77. The number of piperazine rings is 1. The lowest BCUT2D eigenvalue weighted by Crippen LogP contribution is -2.49. The minimum atomic E-state index is -0.227. The second-order valence-corrected chi connectivity index (χ2v) is 8.57. The molecule has 3 aromatic rings. The van der Waals surface area contributed by atoms with Gasteiger partial charge in [-0.2, -0.15) is 0 Å². The highest BCUT2D eigenvalue weighted by molar-refractivity contribution is 7.09. The Morgan fingerprint density at radius 2 is 1.74 bits per heavy atom. The summed E-state index contributed by atoms with van der Waals surface area (Å²) in [4.78, 5) is 33.2. The van der Waals surface area contributed by atoms with Crippen molar-refractivity contribution in [1.82, 2.24) is 15.2 Å². The van der Waals surface area contributed by atoms with Gasteiger partial charge in [0, 0.05) is 49.0 Å². The van der Waals surface area contributed by atoms with Crippen LogP contribution in [0.3, 0.4) is 0 Å². The highest BCUT2D eigenvalue weighted by Gasteiger charge is 2.23. The Morgan fingerprint density at radius 3 is 2.35 bits per heavy atom. The molecule has 0 saturated carbocycles. The third kappa shape index (κ3) is 5.37. The Bertz CT molecular complexity index is 998. The first-order chi connectivity index (χ1) is 15.1. The molecular formula is C24H26N4O2S. The van der Waals surface area contributed by atoms with E-state index in [2.05, 4.69) is 20.1 Å². The smallest absolute Gasteiger partial charge is 0.235 e. The first-order valence-electron chi connectivity index (χ1n) is 10.4. The number of aromatic nitrogens is 1. The summed E-state index contributed by atoms with van der Waals surface area (Å²) in [7, 11) is 0. The van der Waals surface area contributed by atoms with Crippen LogP contribution in [-0.4, -0.2) is 54.3 Å². The lowest BCUT2D eigenvalue weighted by atomic mass is 10.1. The summed E-state index contributed by atoms with van der Waals surface area (Å²) in [5.41, 5.74) is 2.87. The van der Waals surface area contributed by atoms with Crippen molar-refractivity contribution in [3.05, 3.63) is 82.3 Å². The van der Waals surface area contributed by atoms with Gasteiger partial charge in [0.2, 0.25) is 5.91 Å².